The molecule has 0 aromatic heterocycles. The molecule has 2 aromatic rings. The molecule has 2 rings (SSSR count). The molecule has 0 radical (unpaired) electrons. The Bertz CT molecular complexity index is 755. The second-order valence-electron chi connectivity index (χ2n) is 4.58. The maximum Gasteiger partial charge on any atom is 0.255 e. The lowest BCUT2D eigenvalue weighted by molar-refractivity contribution is 0.102. The van der Waals surface area contributed by atoms with Crippen LogP contribution in [0.25, 0.3) is 0 Å². The SMILES string of the molecule is CS(=O)(=O)c1cccc(NC(=O)c2ccc(CCl)cc2)c1. The number of halogens is 1. The number of anilines is 1. The van der Waals surface area contributed by atoms with Crippen LogP contribution in [0.5, 0.6) is 0 Å². The summed E-state index contributed by atoms with van der Waals surface area (Å²) in [4.78, 5) is 12.2. The standard InChI is InChI=1S/C15H14ClNO3S/c1-21(19,20)14-4-2-3-13(9-14)17-15(18)12-7-5-11(10-16)6-8-12/h2-9H,10H2,1H3,(H,17,18). The molecule has 0 spiro atoms. The third-order valence-corrected chi connectivity index (χ3v) is 4.31. The molecule has 21 heavy (non-hydrogen) atoms. The van der Waals surface area contributed by atoms with E-state index in [-0.39, 0.29) is 10.8 Å². The van der Waals surface area contributed by atoms with E-state index in [4.69, 9.17) is 11.6 Å². The molecule has 4 nitrogen and oxygen atoms in total. The van der Waals surface area contributed by atoms with Gasteiger partial charge in [0, 0.05) is 23.4 Å². The Balaban J connectivity index is 2.19. The van der Waals surface area contributed by atoms with Gasteiger partial charge in [-0.3, -0.25) is 4.79 Å². The van der Waals surface area contributed by atoms with Gasteiger partial charge in [-0.25, -0.2) is 8.42 Å². The molecule has 1 amide bonds. The van der Waals surface area contributed by atoms with Crippen molar-refractivity contribution >= 4 is 33.0 Å². The van der Waals surface area contributed by atoms with E-state index < -0.39 is 9.84 Å². The van der Waals surface area contributed by atoms with Crippen molar-refractivity contribution in [3.8, 4) is 0 Å². The van der Waals surface area contributed by atoms with E-state index in [2.05, 4.69) is 5.32 Å². The zero-order valence-electron chi connectivity index (χ0n) is 11.3. The Labute approximate surface area is 128 Å². The fourth-order valence-corrected chi connectivity index (χ4v) is 2.60. The van der Waals surface area contributed by atoms with Crippen molar-refractivity contribution in [2.24, 2.45) is 0 Å². The summed E-state index contributed by atoms with van der Waals surface area (Å²) in [5.74, 6) is 0.0833. The predicted octanol–water partition coefficient (Wildman–Crippen LogP) is 3.08. The summed E-state index contributed by atoms with van der Waals surface area (Å²) in [6.07, 6.45) is 1.12. The third-order valence-electron chi connectivity index (χ3n) is 2.89. The summed E-state index contributed by atoms with van der Waals surface area (Å²) in [6.45, 7) is 0. The molecule has 0 aliphatic rings. The van der Waals surface area contributed by atoms with E-state index in [0.29, 0.717) is 17.1 Å². The lowest BCUT2D eigenvalue weighted by Gasteiger charge is -2.07. The van der Waals surface area contributed by atoms with Crippen molar-refractivity contribution in [1.29, 1.82) is 0 Å². The monoisotopic (exact) mass is 323 g/mol. The zero-order valence-corrected chi connectivity index (χ0v) is 12.9. The molecule has 0 fully saturated rings. The minimum atomic E-state index is -3.30. The highest BCUT2D eigenvalue weighted by molar-refractivity contribution is 7.90. The van der Waals surface area contributed by atoms with Crippen LogP contribution in [0.3, 0.4) is 0 Å². The lowest BCUT2D eigenvalue weighted by Crippen LogP contribution is -2.12. The molecule has 0 unspecified atom stereocenters. The van der Waals surface area contributed by atoms with Gasteiger partial charge in [0.1, 0.15) is 0 Å². The van der Waals surface area contributed by atoms with Crippen LogP contribution in [0, 0.1) is 0 Å². The molecule has 0 aliphatic heterocycles. The number of hydrogen-bond acceptors (Lipinski definition) is 3. The van der Waals surface area contributed by atoms with Gasteiger partial charge in [-0.1, -0.05) is 18.2 Å². The molecule has 110 valence electrons. The number of nitrogens with one attached hydrogen (secondary N) is 1. The van der Waals surface area contributed by atoms with Crippen molar-refractivity contribution in [1.82, 2.24) is 0 Å². The molecular weight excluding hydrogens is 310 g/mol. The Morgan fingerprint density at radius 2 is 1.81 bits per heavy atom. The summed E-state index contributed by atoms with van der Waals surface area (Å²) in [5, 5.41) is 2.67. The Kier molecular flexibility index (Phi) is 4.65. The van der Waals surface area contributed by atoms with Crippen LogP contribution in [-0.4, -0.2) is 20.6 Å². The number of benzene rings is 2. The van der Waals surface area contributed by atoms with Crippen LogP contribution in [0.4, 0.5) is 5.69 Å². The van der Waals surface area contributed by atoms with Gasteiger partial charge in [-0.15, -0.1) is 11.6 Å². The Morgan fingerprint density at radius 1 is 1.14 bits per heavy atom. The average Bonchev–Trinajstić information content (AvgIpc) is 2.47. The highest BCUT2D eigenvalue weighted by Crippen LogP contribution is 2.16. The van der Waals surface area contributed by atoms with Crippen molar-refractivity contribution < 1.29 is 13.2 Å². The predicted molar refractivity (Wildman–Crippen MR) is 83.5 cm³/mol. The summed E-state index contributed by atoms with van der Waals surface area (Å²) in [6, 6.07) is 13.0. The van der Waals surface area contributed by atoms with Gasteiger partial charge in [0.15, 0.2) is 9.84 Å². The third kappa shape index (κ3) is 4.06. The second-order valence-corrected chi connectivity index (χ2v) is 6.87. The first kappa shape index (κ1) is 15.5. The van der Waals surface area contributed by atoms with Crippen LogP contribution in [0.15, 0.2) is 53.4 Å². The van der Waals surface area contributed by atoms with Crippen LogP contribution >= 0.6 is 11.6 Å². The van der Waals surface area contributed by atoms with Gasteiger partial charge in [0.2, 0.25) is 0 Å². The van der Waals surface area contributed by atoms with Crippen LogP contribution < -0.4 is 5.32 Å². The van der Waals surface area contributed by atoms with Gasteiger partial charge in [0.25, 0.3) is 5.91 Å². The van der Waals surface area contributed by atoms with Crippen molar-refractivity contribution in [3.63, 3.8) is 0 Å². The first-order valence-electron chi connectivity index (χ1n) is 6.16. The quantitative estimate of drug-likeness (QED) is 0.879. The van der Waals surface area contributed by atoms with E-state index in [1.807, 2.05) is 0 Å². The van der Waals surface area contributed by atoms with Crippen molar-refractivity contribution in [2.45, 2.75) is 10.8 Å². The molecule has 0 atom stereocenters. The number of amides is 1. The summed E-state index contributed by atoms with van der Waals surface area (Å²) in [7, 11) is -3.30. The van der Waals surface area contributed by atoms with Gasteiger partial charge >= 0.3 is 0 Å². The Morgan fingerprint density at radius 3 is 2.38 bits per heavy atom. The molecule has 0 aliphatic carbocycles. The first-order chi connectivity index (χ1) is 9.90. The molecule has 2 aromatic carbocycles. The maximum atomic E-state index is 12.1. The highest BCUT2D eigenvalue weighted by atomic mass is 35.5. The smallest absolute Gasteiger partial charge is 0.255 e. The lowest BCUT2D eigenvalue weighted by atomic mass is 10.1. The first-order valence-corrected chi connectivity index (χ1v) is 8.59. The molecule has 0 heterocycles. The largest absolute Gasteiger partial charge is 0.322 e. The van der Waals surface area contributed by atoms with E-state index in [0.717, 1.165) is 11.8 Å². The Hall–Kier alpha value is -1.85. The minimum absolute atomic E-state index is 0.165. The van der Waals surface area contributed by atoms with E-state index in [9.17, 15) is 13.2 Å². The topological polar surface area (TPSA) is 63.2 Å². The maximum absolute atomic E-state index is 12.1. The average molecular weight is 324 g/mol. The van der Waals surface area contributed by atoms with Gasteiger partial charge in [-0.2, -0.15) is 0 Å². The molecular formula is C15H14ClNO3S. The minimum Gasteiger partial charge on any atom is -0.322 e. The fourth-order valence-electron chi connectivity index (χ4n) is 1.75. The molecule has 0 saturated heterocycles. The van der Waals surface area contributed by atoms with E-state index in [1.54, 1.807) is 36.4 Å². The van der Waals surface area contributed by atoms with Gasteiger partial charge in [-0.05, 0) is 35.9 Å². The zero-order chi connectivity index (χ0) is 15.5. The summed E-state index contributed by atoms with van der Waals surface area (Å²) in [5.41, 5.74) is 1.84. The number of hydrogen-bond donors (Lipinski definition) is 1. The highest BCUT2D eigenvalue weighted by Gasteiger charge is 2.10. The molecule has 0 bridgehead atoms. The summed E-state index contributed by atoms with van der Waals surface area (Å²) >= 11 is 5.69. The van der Waals surface area contributed by atoms with Crippen molar-refractivity contribution in [3.05, 3.63) is 59.7 Å². The van der Waals surface area contributed by atoms with Crippen LogP contribution in [0.1, 0.15) is 15.9 Å². The number of rotatable bonds is 4. The number of carbonyl (C=O) groups is 1. The molecule has 6 heteroatoms. The number of carbonyl (C=O) groups excluding carboxylic acids is 1. The number of sulfone groups is 1. The van der Waals surface area contributed by atoms with Gasteiger partial charge < -0.3 is 5.32 Å². The molecule has 1 N–H and O–H groups in total. The van der Waals surface area contributed by atoms with Gasteiger partial charge in [0.05, 0.1) is 4.90 Å². The van der Waals surface area contributed by atoms with E-state index >= 15 is 0 Å². The second kappa shape index (κ2) is 6.28. The van der Waals surface area contributed by atoms with E-state index in [1.165, 1.54) is 12.1 Å². The van der Waals surface area contributed by atoms with Crippen LogP contribution in [-0.2, 0) is 15.7 Å². The van der Waals surface area contributed by atoms with Crippen LogP contribution in [0.2, 0.25) is 0 Å². The molecule has 0 saturated carbocycles. The fraction of sp³-hybridized carbons (Fsp3) is 0.133. The number of alkyl halides is 1. The normalized spacial score (nSPS) is 11.1. The summed E-state index contributed by atoms with van der Waals surface area (Å²) < 4.78 is 23.0. The van der Waals surface area contributed by atoms with Crippen molar-refractivity contribution in [2.75, 3.05) is 11.6 Å².